The van der Waals surface area contributed by atoms with E-state index in [9.17, 15) is 8.42 Å². The second-order valence-electron chi connectivity index (χ2n) is 4.60. The Balaban J connectivity index is 2.22. The quantitative estimate of drug-likeness (QED) is 0.850. The number of ether oxygens (including phenoxy) is 1. The molecule has 1 N–H and O–H groups in total. The van der Waals surface area contributed by atoms with Crippen molar-refractivity contribution < 1.29 is 13.2 Å². The summed E-state index contributed by atoms with van der Waals surface area (Å²) in [6.45, 7) is 2.67. The van der Waals surface area contributed by atoms with E-state index < -0.39 is 9.84 Å². The lowest BCUT2D eigenvalue weighted by Crippen LogP contribution is -2.27. The lowest BCUT2D eigenvalue weighted by molar-refractivity contribution is 0.414. The van der Waals surface area contributed by atoms with Crippen molar-refractivity contribution in [2.24, 2.45) is 0 Å². The van der Waals surface area contributed by atoms with Crippen molar-refractivity contribution in [2.45, 2.75) is 17.2 Å². The third-order valence-corrected chi connectivity index (χ3v) is 6.39. The predicted octanol–water partition coefficient (Wildman–Crippen LogP) is 2.88. The van der Waals surface area contributed by atoms with E-state index >= 15 is 0 Å². The monoisotopic (exact) mass is 325 g/mol. The highest BCUT2D eigenvalue weighted by molar-refractivity contribution is 7.93. The second-order valence-corrected chi connectivity index (χ2v) is 7.81. The molecule has 2 aromatic rings. The van der Waals surface area contributed by atoms with Crippen LogP contribution in [0.25, 0.3) is 0 Å². The van der Waals surface area contributed by atoms with Crippen LogP contribution in [0, 0.1) is 0 Å². The van der Waals surface area contributed by atoms with Crippen LogP contribution in [0.2, 0.25) is 0 Å². The van der Waals surface area contributed by atoms with E-state index in [-0.39, 0.29) is 11.8 Å². The van der Waals surface area contributed by atoms with Gasteiger partial charge >= 0.3 is 0 Å². The first-order valence-corrected chi connectivity index (χ1v) is 9.23. The molecule has 0 aliphatic rings. The Kier molecular flexibility index (Phi) is 5.39. The highest BCUT2D eigenvalue weighted by Gasteiger charge is 2.22. The van der Waals surface area contributed by atoms with Gasteiger partial charge in [0.25, 0.3) is 0 Å². The van der Waals surface area contributed by atoms with Gasteiger partial charge in [-0.25, -0.2) is 8.42 Å². The van der Waals surface area contributed by atoms with Crippen LogP contribution in [-0.4, -0.2) is 27.8 Å². The molecule has 1 aromatic heterocycles. The number of hydrogen-bond acceptors (Lipinski definition) is 5. The Morgan fingerprint density at radius 3 is 2.48 bits per heavy atom. The van der Waals surface area contributed by atoms with E-state index in [1.807, 2.05) is 31.2 Å². The molecule has 0 radical (unpaired) electrons. The zero-order valence-corrected chi connectivity index (χ0v) is 13.7. The molecule has 0 saturated carbocycles. The van der Waals surface area contributed by atoms with Crippen molar-refractivity contribution in [1.82, 2.24) is 5.32 Å². The molecule has 2 rings (SSSR count). The second kappa shape index (κ2) is 7.06. The van der Waals surface area contributed by atoms with E-state index in [4.69, 9.17) is 4.74 Å². The number of rotatable bonds is 7. The van der Waals surface area contributed by atoms with Gasteiger partial charge in [-0.2, -0.15) is 0 Å². The zero-order chi connectivity index (χ0) is 15.3. The first-order valence-electron chi connectivity index (χ1n) is 6.70. The first kappa shape index (κ1) is 16.0. The van der Waals surface area contributed by atoms with E-state index in [1.165, 1.54) is 11.3 Å². The fraction of sp³-hybridized carbons (Fsp3) is 0.333. The van der Waals surface area contributed by atoms with Crippen molar-refractivity contribution in [3.05, 3.63) is 47.3 Å². The summed E-state index contributed by atoms with van der Waals surface area (Å²) in [5, 5.41) is 5.02. The SMILES string of the molecule is CCNC(CS(=O)(=O)c1cccs1)c1ccc(OC)cc1. The van der Waals surface area contributed by atoms with Gasteiger partial charge in [0, 0.05) is 6.04 Å². The van der Waals surface area contributed by atoms with Gasteiger partial charge in [0.05, 0.1) is 12.9 Å². The number of hydrogen-bond donors (Lipinski definition) is 1. The molecule has 114 valence electrons. The summed E-state index contributed by atoms with van der Waals surface area (Å²) in [5.41, 5.74) is 0.942. The summed E-state index contributed by atoms with van der Waals surface area (Å²) in [6, 6.07) is 10.7. The van der Waals surface area contributed by atoms with Gasteiger partial charge in [-0.1, -0.05) is 25.1 Å². The summed E-state index contributed by atoms with van der Waals surface area (Å²) in [7, 11) is -1.67. The minimum absolute atomic E-state index is 0.0493. The third-order valence-electron chi connectivity index (χ3n) is 3.16. The molecule has 4 nitrogen and oxygen atoms in total. The van der Waals surface area contributed by atoms with Crippen LogP contribution in [0.1, 0.15) is 18.5 Å². The van der Waals surface area contributed by atoms with Crippen LogP contribution in [0.5, 0.6) is 5.75 Å². The summed E-state index contributed by atoms with van der Waals surface area (Å²) in [4.78, 5) is 0. The average molecular weight is 325 g/mol. The van der Waals surface area contributed by atoms with Gasteiger partial charge in [0.1, 0.15) is 9.96 Å². The Morgan fingerprint density at radius 2 is 1.95 bits per heavy atom. The smallest absolute Gasteiger partial charge is 0.189 e. The van der Waals surface area contributed by atoms with Crippen LogP contribution in [0.3, 0.4) is 0 Å². The van der Waals surface area contributed by atoms with Crippen LogP contribution in [-0.2, 0) is 9.84 Å². The first-order chi connectivity index (χ1) is 10.1. The molecule has 0 aliphatic carbocycles. The van der Waals surface area contributed by atoms with Crippen molar-refractivity contribution in [2.75, 3.05) is 19.4 Å². The van der Waals surface area contributed by atoms with Crippen molar-refractivity contribution in [3.63, 3.8) is 0 Å². The summed E-state index contributed by atoms with van der Waals surface area (Å²) in [6.07, 6.45) is 0. The summed E-state index contributed by atoms with van der Waals surface area (Å²) >= 11 is 1.26. The number of benzene rings is 1. The Bertz CT molecular complexity index is 649. The maximum Gasteiger partial charge on any atom is 0.189 e. The van der Waals surface area contributed by atoms with Gasteiger partial charge < -0.3 is 10.1 Å². The van der Waals surface area contributed by atoms with Crippen molar-refractivity contribution in [3.8, 4) is 5.75 Å². The van der Waals surface area contributed by atoms with Gasteiger partial charge in [-0.05, 0) is 35.7 Å². The molecule has 0 bridgehead atoms. The van der Waals surface area contributed by atoms with Crippen LogP contribution in [0.4, 0.5) is 0 Å². The minimum atomic E-state index is -3.28. The van der Waals surface area contributed by atoms with Crippen molar-refractivity contribution in [1.29, 1.82) is 0 Å². The van der Waals surface area contributed by atoms with Gasteiger partial charge in [-0.3, -0.25) is 0 Å². The minimum Gasteiger partial charge on any atom is -0.497 e. The molecule has 0 saturated heterocycles. The molecule has 0 aliphatic heterocycles. The van der Waals surface area contributed by atoms with E-state index in [0.29, 0.717) is 10.8 Å². The number of nitrogens with one attached hydrogen (secondary N) is 1. The largest absolute Gasteiger partial charge is 0.497 e. The fourth-order valence-electron chi connectivity index (χ4n) is 2.10. The zero-order valence-electron chi connectivity index (χ0n) is 12.1. The number of thiophene rings is 1. The van der Waals surface area contributed by atoms with Crippen LogP contribution >= 0.6 is 11.3 Å². The Labute approximate surface area is 129 Å². The molecule has 0 spiro atoms. The van der Waals surface area contributed by atoms with Gasteiger partial charge in [-0.15, -0.1) is 11.3 Å². The molecular formula is C15H19NO3S2. The molecule has 0 fully saturated rings. The highest BCUT2D eigenvalue weighted by Crippen LogP contribution is 2.24. The van der Waals surface area contributed by atoms with Crippen molar-refractivity contribution >= 4 is 21.2 Å². The molecule has 21 heavy (non-hydrogen) atoms. The molecule has 1 atom stereocenters. The molecule has 0 amide bonds. The average Bonchev–Trinajstić information content (AvgIpc) is 3.02. The standard InChI is InChI=1S/C15H19NO3S2/c1-3-16-14(12-6-8-13(19-2)9-7-12)11-21(17,18)15-5-4-10-20-15/h4-10,14,16H,3,11H2,1-2H3. The normalized spacial score (nSPS) is 13.0. The molecule has 6 heteroatoms. The summed E-state index contributed by atoms with van der Waals surface area (Å²) in [5.74, 6) is 0.809. The molecule has 1 aromatic carbocycles. The Morgan fingerprint density at radius 1 is 1.24 bits per heavy atom. The van der Waals surface area contributed by atoms with Crippen LogP contribution in [0.15, 0.2) is 46.0 Å². The number of sulfone groups is 1. The molecule has 1 unspecified atom stereocenters. The maximum atomic E-state index is 12.4. The van der Waals surface area contributed by atoms with E-state index in [2.05, 4.69) is 5.32 Å². The predicted molar refractivity (Wildman–Crippen MR) is 85.8 cm³/mol. The van der Waals surface area contributed by atoms with Crippen LogP contribution < -0.4 is 10.1 Å². The van der Waals surface area contributed by atoms with Gasteiger partial charge in [0.15, 0.2) is 9.84 Å². The van der Waals surface area contributed by atoms with Gasteiger partial charge in [0.2, 0.25) is 0 Å². The maximum absolute atomic E-state index is 12.4. The fourth-order valence-corrected chi connectivity index (χ4v) is 4.70. The summed E-state index contributed by atoms with van der Waals surface area (Å²) < 4.78 is 30.4. The van der Waals surface area contributed by atoms with E-state index in [0.717, 1.165) is 11.3 Å². The molecular weight excluding hydrogens is 306 g/mol. The Hall–Kier alpha value is -1.37. The number of methoxy groups -OCH3 is 1. The lowest BCUT2D eigenvalue weighted by atomic mass is 10.1. The highest BCUT2D eigenvalue weighted by atomic mass is 32.2. The topological polar surface area (TPSA) is 55.4 Å². The lowest BCUT2D eigenvalue weighted by Gasteiger charge is -2.18. The third kappa shape index (κ3) is 4.06. The van der Waals surface area contributed by atoms with E-state index in [1.54, 1.807) is 24.6 Å². The molecule has 1 heterocycles.